The lowest BCUT2D eigenvalue weighted by molar-refractivity contribution is -0.143. The van der Waals surface area contributed by atoms with Gasteiger partial charge in [0.2, 0.25) is 5.91 Å². The van der Waals surface area contributed by atoms with Gasteiger partial charge in [0, 0.05) is 12.8 Å². The second-order valence-electron chi connectivity index (χ2n) is 23.9. The first kappa shape index (κ1) is 74.3. The van der Waals surface area contributed by atoms with E-state index < -0.39 is 12.1 Å². The van der Waals surface area contributed by atoms with Crippen molar-refractivity contribution < 1.29 is 24.5 Å². The summed E-state index contributed by atoms with van der Waals surface area (Å²) in [6.45, 7) is 4.94. The molecule has 0 spiro atoms. The van der Waals surface area contributed by atoms with E-state index in [1.165, 1.54) is 321 Å². The minimum Gasteiger partial charge on any atom is -0.466 e. The molecular formula is C70H135NO5. The van der Waals surface area contributed by atoms with Gasteiger partial charge in [-0.2, -0.15) is 0 Å². The van der Waals surface area contributed by atoms with Crippen molar-refractivity contribution in [1.82, 2.24) is 5.32 Å². The van der Waals surface area contributed by atoms with Crippen molar-refractivity contribution in [3.05, 3.63) is 24.3 Å². The minimum absolute atomic E-state index is 0.0190. The van der Waals surface area contributed by atoms with Gasteiger partial charge in [0.1, 0.15) is 0 Å². The Bertz CT molecular complexity index is 1190. The third-order valence-electron chi connectivity index (χ3n) is 16.2. The molecule has 6 heteroatoms. The monoisotopic (exact) mass is 1070 g/mol. The predicted molar refractivity (Wildman–Crippen MR) is 333 cm³/mol. The van der Waals surface area contributed by atoms with Crippen molar-refractivity contribution in [3.8, 4) is 0 Å². The molecule has 0 heterocycles. The molecule has 0 aliphatic rings. The Balaban J connectivity index is 3.38. The fourth-order valence-corrected chi connectivity index (χ4v) is 10.9. The third kappa shape index (κ3) is 61.6. The zero-order valence-corrected chi connectivity index (χ0v) is 51.5. The molecule has 0 aliphatic carbocycles. The number of carbonyl (C=O) groups excluding carboxylic acids is 2. The van der Waals surface area contributed by atoms with Crippen molar-refractivity contribution in [3.63, 3.8) is 0 Å². The van der Waals surface area contributed by atoms with Crippen LogP contribution in [0.1, 0.15) is 386 Å². The zero-order valence-electron chi connectivity index (χ0n) is 51.5. The molecule has 76 heavy (non-hydrogen) atoms. The van der Waals surface area contributed by atoms with E-state index in [4.69, 9.17) is 4.74 Å². The van der Waals surface area contributed by atoms with E-state index in [0.29, 0.717) is 19.4 Å². The van der Waals surface area contributed by atoms with Crippen LogP contribution >= 0.6 is 0 Å². The van der Waals surface area contributed by atoms with E-state index in [1.54, 1.807) is 6.08 Å². The molecule has 0 saturated carbocycles. The summed E-state index contributed by atoms with van der Waals surface area (Å²) in [5.74, 6) is -0.0463. The molecule has 0 saturated heterocycles. The number of unbranched alkanes of at least 4 members (excludes halogenated alkanes) is 52. The Morgan fingerprint density at radius 2 is 0.618 bits per heavy atom. The number of ether oxygens (including phenoxy) is 1. The van der Waals surface area contributed by atoms with Crippen LogP contribution in [-0.4, -0.2) is 47.4 Å². The molecule has 0 aliphatic heterocycles. The number of allylic oxidation sites excluding steroid dienone is 3. The molecule has 2 atom stereocenters. The van der Waals surface area contributed by atoms with Crippen molar-refractivity contribution in [2.75, 3.05) is 13.2 Å². The van der Waals surface area contributed by atoms with Gasteiger partial charge in [-0.25, -0.2) is 0 Å². The summed E-state index contributed by atoms with van der Waals surface area (Å²) in [6.07, 6.45) is 82.5. The lowest BCUT2D eigenvalue weighted by atomic mass is 10.0. The molecule has 1 amide bonds. The molecular weight excluding hydrogens is 935 g/mol. The number of carbonyl (C=O) groups is 2. The SMILES string of the molecule is CCCCCCCCCCCCCCCC/C=C/C(O)C(CO)NC(=O)CCCCCCCCCCCCCC/C=C\CCCCCCCCCCCCCCOC(=O)CCCCCCCCCCCCCCCCC. The smallest absolute Gasteiger partial charge is 0.305 e. The Morgan fingerprint density at radius 3 is 0.934 bits per heavy atom. The average Bonchev–Trinajstić information content (AvgIpc) is 3.42. The molecule has 0 aromatic heterocycles. The molecule has 450 valence electrons. The Labute approximate surface area is 475 Å². The maximum atomic E-state index is 12.5. The van der Waals surface area contributed by atoms with Gasteiger partial charge in [0.25, 0.3) is 0 Å². The van der Waals surface area contributed by atoms with Crippen LogP contribution in [-0.2, 0) is 14.3 Å². The number of nitrogens with one attached hydrogen (secondary N) is 1. The number of hydrogen-bond donors (Lipinski definition) is 3. The highest BCUT2D eigenvalue weighted by Crippen LogP contribution is 2.18. The fourth-order valence-electron chi connectivity index (χ4n) is 10.9. The van der Waals surface area contributed by atoms with Crippen molar-refractivity contribution in [2.45, 2.75) is 398 Å². The second kappa shape index (κ2) is 65.9. The van der Waals surface area contributed by atoms with Crippen LogP contribution in [0.25, 0.3) is 0 Å². The number of rotatable bonds is 65. The van der Waals surface area contributed by atoms with Crippen molar-refractivity contribution in [1.29, 1.82) is 0 Å². The Hall–Kier alpha value is -1.66. The summed E-state index contributed by atoms with van der Waals surface area (Å²) in [5.41, 5.74) is 0. The van der Waals surface area contributed by atoms with E-state index >= 15 is 0 Å². The first-order valence-electron chi connectivity index (χ1n) is 34.6. The van der Waals surface area contributed by atoms with Gasteiger partial charge in [-0.05, 0) is 57.8 Å². The van der Waals surface area contributed by atoms with E-state index in [9.17, 15) is 19.8 Å². The predicted octanol–water partition coefficient (Wildman–Crippen LogP) is 22.1. The van der Waals surface area contributed by atoms with E-state index in [-0.39, 0.29) is 18.5 Å². The van der Waals surface area contributed by atoms with E-state index in [1.807, 2.05) is 6.08 Å². The summed E-state index contributed by atoms with van der Waals surface area (Å²) in [5, 5.41) is 23.2. The largest absolute Gasteiger partial charge is 0.466 e. The molecule has 0 rings (SSSR count). The van der Waals surface area contributed by atoms with Gasteiger partial charge in [0.05, 0.1) is 25.4 Å². The van der Waals surface area contributed by atoms with Crippen LogP contribution in [0.3, 0.4) is 0 Å². The molecule has 6 nitrogen and oxygen atoms in total. The highest BCUT2D eigenvalue weighted by molar-refractivity contribution is 5.76. The Morgan fingerprint density at radius 1 is 0.355 bits per heavy atom. The number of esters is 1. The van der Waals surface area contributed by atoms with Gasteiger partial charge >= 0.3 is 5.97 Å². The van der Waals surface area contributed by atoms with Gasteiger partial charge in [-0.15, -0.1) is 0 Å². The lowest BCUT2D eigenvalue weighted by Gasteiger charge is -2.20. The Kier molecular flexibility index (Phi) is 64.4. The summed E-state index contributed by atoms with van der Waals surface area (Å²) in [4.78, 5) is 24.6. The normalized spacial score (nSPS) is 12.6. The highest BCUT2D eigenvalue weighted by atomic mass is 16.5. The average molecular weight is 1070 g/mol. The van der Waals surface area contributed by atoms with Gasteiger partial charge in [-0.1, -0.05) is 340 Å². The summed E-state index contributed by atoms with van der Waals surface area (Å²) >= 11 is 0. The van der Waals surface area contributed by atoms with Crippen LogP contribution in [0.2, 0.25) is 0 Å². The molecule has 0 radical (unpaired) electrons. The van der Waals surface area contributed by atoms with Gasteiger partial charge in [-0.3, -0.25) is 9.59 Å². The maximum absolute atomic E-state index is 12.5. The maximum Gasteiger partial charge on any atom is 0.305 e. The van der Waals surface area contributed by atoms with Crippen LogP contribution in [0.15, 0.2) is 24.3 Å². The molecule has 0 aromatic carbocycles. The number of hydrogen-bond acceptors (Lipinski definition) is 5. The van der Waals surface area contributed by atoms with E-state index in [0.717, 1.165) is 38.5 Å². The summed E-state index contributed by atoms with van der Waals surface area (Å²) in [6, 6.07) is -0.627. The van der Waals surface area contributed by atoms with Crippen LogP contribution in [0.5, 0.6) is 0 Å². The van der Waals surface area contributed by atoms with Gasteiger partial charge < -0.3 is 20.3 Å². The highest BCUT2D eigenvalue weighted by Gasteiger charge is 2.18. The van der Waals surface area contributed by atoms with E-state index in [2.05, 4.69) is 31.3 Å². The molecule has 0 aromatic rings. The van der Waals surface area contributed by atoms with Crippen LogP contribution in [0, 0.1) is 0 Å². The quantitative estimate of drug-likeness (QED) is 0.0320. The standard InChI is InChI=1S/C70H135NO5/c1-3-5-7-9-11-13-15-17-19-35-38-42-46-50-54-58-62-68(73)67(66-72)71-69(74)63-59-55-51-47-43-39-36-32-30-28-26-24-22-20-21-23-25-27-29-31-33-37-41-45-49-53-57-61-65-76-70(75)64-60-56-52-48-44-40-34-18-16-14-12-10-8-6-4-2/h20-21,58,62,67-68,72-73H,3-19,22-57,59-61,63-66H2,1-2H3,(H,71,74)/b21-20-,62-58+. The first-order valence-corrected chi connectivity index (χ1v) is 34.6. The summed E-state index contributed by atoms with van der Waals surface area (Å²) in [7, 11) is 0. The number of aliphatic hydroxyl groups is 2. The zero-order chi connectivity index (χ0) is 55.0. The molecule has 0 fully saturated rings. The number of amides is 1. The summed E-state index contributed by atoms with van der Waals surface area (Å²) < 4.78 is 5.50. The molecule has 0 bridgehead atoms. The molecule has 3 N–H and O–H groups in total. The van der Waals surface area contributed by atoms with Crippen LogP contribution in [0.4, 0.5) is 0 Å². The molecule has 2 unspecified atom stereocenters. The third-order valence-corrected chi connectivity index (χ3v) is 16.2. The second-order valence-corrected chi connectivity index (χ2v) is 23.9. The van der Waals surface area contributed by atoms with Gasteiger partial charge in [0.15, 0.2) is 0 Å². The lowest BCUT2D eigenvalue weighted by Crippen LogP contribution is -2.45. The minimum atomic E-state index is -0.844. The first-order chi connectivity index (χ1) is 37.5. The number of aliphatic hydroxyl groups excluding tert-OH is 2. The van der Waals surface area contributed by atoms with Crippen LogP contribution < -0.4 is 5.32 Å². The van der Waals surface area contributed by atoms with Crippen molar-refractivity contribution >= 4 is 11.9 Å². The van der Waals surface area contributed by atoms with Crippen molar-refractivity contribution in [2.24, 2.45) is 0 Å². The fraction of sp³-hybridized carbons (Fsp3) is 0.914. The topological polar surface area (TPSA) is 95.9 Å².